The van der Waals surface area contributed by atoms with Gasteiger partial charge in [0.15, 0.2) is 0 Å². The Bertz CT molecular complexity index is 421. The minimum absolute atomic E-state index is 0.0271. The second-order valence-electron chi connectivity index (χ2n) is 4.29. The van der Waals surface area contributed by atoms with Gasteiger partial charge in [0.05, 0.1) is 12.8 Å². The molecule has 2 rings (SSSR count). The topological polar surface area (TPSA) is 71.5 Å². The van der Waals surface area contributed by atoms with E-state index in [0.717, 1.165) is 17.3 Å². The molecule has 1 aliphatic carbocycles. The Morgan fingerprint density at radius 2 is 2.35 bits per heavy atom. The maximum absolute atomic E-state index is 10.4. The molecule has 0 aromatic carbocycles. The second-order valence-corrected chi connectivity index (χ2v) is 5.20. The molecule has 1 aliphatic rings. The zero-order valence-electron chi connectivity index (χ0n) is 9.15. The van der Waals surface area contributed by atoms with Crippen LogP contribution in [0, 0.1) is 5.41 Å². The van der Waals surface area contributed by atoms with E-state index in [1.54, 1.807) is 12.4 Å². The molecule has 1 heterocycles. The van der Waals surface area contributed by atoms with E-state index in [1.165, 1.54) is 0 Å². The molecule has 0 aliphatic heterocycles. The van der Waals surface area contributed by atoms with Crippen LogP contribution in [0.3, 0.4) is 0 Å². The Morgan fingerprint density at radius 1 is 1.59 bits per heavy atom. The Labute approximate surface area is 107 Å². The van der Waals surface area contributed by atoms with Gasteiger partial charge in [-0.25, -0.2) is 4.79 Å². The van der Waals surface area contributed by atoms with Gasteiger partial charge in [0.2, 0.25) is 0 Å². The maximum Gasteiger partial charge on any atom is 0.404 e. The number of aromatic nitrogens is 1. The highest BCUT2D eigenvalue weighted by atomic mass is 79.9. The van der Waals surface area contributed by atoms with Crippen LogP contribution in [0.25, 0.3) is 0 Å². The molecule has 1 saturated carbocycles. The summed E-state index contributed by atoms with van der Waals surface area (Å²) in [5.41, 5.74) is -0.0271. The van der Waals surface area contributed by atoms with Crippen LogP contribution >= 0.6 is 15.9 Å². The minimum Gasteiger partial charge on any atom is -0.491 e. The van der Waals surface area contributed by atoms with Crippen LogP contribution in [0.5, 0.6) is 5.75 Å². The largest absolute Gasteiger partial charge is 0.491 e. The number of hydrogen-bond donors (Lipinski definition) is 2. The van der Waals surface area contributed by atoms with Crippen LogP contribution in [0.4, 0.5) is 4.79 Å². The van der Waals surface area contributed by atoms with Crippen molar-refractivity contribution >= 4 is 22.0 Å². The highest BCUT2D eigenvalue weighted by Crippen LogP contribution is 2.45. The number of amides is 1. The summed E-state index contributed by atoms with van der Waals surface area (Å²) >= 11 is 3.32. The molecule has 0 radical (unpaired) electrons. The van der Waals surface area contributed by atoms with Crippen molar-refractivity contribution in [3.63, 3.8) is 0 Å². The monoisotopic (exact) mass is 300 g/mol. The standard InChI is InChI=1S/C11H13BrN2O3/c12-8-3-9(5-13-4-8)17-7-11(1-2-11)6-14-10(15)16/h3-5,14H,1-2,6-7H2,(H,15,16). The van der Waals surface area contributed by atoms with Crippen LogP contribution < -0.4 is 10.1 Å². The third kappa shape index (κ3) is 3.59. The van der Waals surface area contributed by atoms with E-state index in [-0.39, 0.29) is 5.41 Å². The molecule has 2 N–H and O–H groups in total. The lowest BCUT2D eigenvalue weighted by Crippen LogP contribution is -2.31. The molecule has 0 saturated heterocycles. The fourth-order valence-electron chi connectivity index (χ4n) is 1.52. The highest BCUT2D eigenvalue weighted by Gasteiger charge is 2.43. The molecule has 1 fully saturated rings. The van der Waals surface area contributed by atoms with Crippen LogP contribution in [0.15, 0.2) is 22.9 Å². The number of halogens is 1. The Balaban J connectivity index is 1.83. The van der Waals surface area contributed by atoms with Crippen LogP contribution in [-0.4, -0.2) is 29.3 Å². The molecule has 17 heavy (non-hydrogen) atoms. The van der Waals surface area contributed by atoms with Crippen molar-refractivity contribution < 1.29 is 14.6 Å². The van der Waals surface area contributed by atoms with Gasteiger partial charge in [-0.2, -0.15) is 0 Å². The Morgan fingerprint density at radius 3 is 2.94 bits per heavy atom. The number of ether oxygens (including phenoxy) is 1. The molecule has 92 valence electrons. The number of rotatable bonds is 5. The van der Waals surface area contributed by atoms with Crippen molar-refractivity contribution in [1.82, 2.24) is 10.3 Å². The van der Waals surface area contributed by atoms with Gasteiger partial charge >= 0.3 is 6.09 Å². The Hall–Kier alpha value is -1.30. The molecule has 1 aromatic heterocycles. The second kappa shape index (κ2) is 4.91. The average Bonchev–Trinajstić information content (AvgIpc) is 3.05. The zero-order valence-corrected chi connectivity index (χ0v) is 10.7. The molecule has 0 bridgehead atoms. The van der Waals surface area contributed by atoms with Crippen molar-refractivity contribution in [3.05, 3.63) is 22.9 Å². The predicted molar refractivity (Wildman–Crippen MR) is 65.1 cm³/mol. The number of pyridine rings is 1. The van der Waals surface area contributed by atoms with E-state index in [1.807, 2.05) is 6.07 Å². The fraction of sp³-hybridized carbons (Fsp3) is 0.455. The number of nitrogens with one attached hydrogen (secondary N) is 1. The van der Waals surface area contributed by atoms with Crippen molar-refractivity contribution in [2.75, 3.05) is 13.2 Å². The molecular formula is C11H13BrN2O3. The lowest BCUT2D eigenvalue weighted by Gasteiger charge is -2.15. The third-order valence-electron chi connectivity index (χ3n) is 2.80. The van der Waals surface area contributed by atoms with Crippen molar-refractivity contribution in [2.45, 2.75) is 12.8 Å². The van der Waals surface area contributed by atoms with Gasteiger partial charge in [-0.15, -0.1) is 0 Å². The van der Waals surface area contributed by atoms with Gasteiger partial charge < -0.3 is 15.2 Å². The SMILES string of the molecule is O=C(O)NCC1(COc2cncc(Br)c2)CC1. The molecule has 0 spiro atoms. The van der Waals surface area contributed by atoms with Crippen LogP contribution in [0.1, 0.15) is 12.8 Å². The smallest absolute Gasteiger partial charge is 0.404 e. The maximum atomic E-state index is 10.4. The van der Waals surface area contributed by atoms with Crippen molar-refractivity contribution in [1.29, 1.82) is 0 Å². The lowest BCUT2D eigenvalue weighted by atomic mass is 10.1. The first-order chi connectivity index (χ1) is 8.10. The van der Waals surface area contributed by atoms with Gasteiger partial charge in [0.1, 0.15) is 5.75 Å². The van der Waals surface area contributed by atoms with Gasteiger partial charge in [-0.3, -0.25) is 4.98 Å². The summed E-state index contributed by atoms with van der Waals surface area (Å²) in [5, 5.41) is 11.0. The first kappa shape index (κ1) is 12.2. The summed E-state index contributed by atoms with van der Waals surface area (Å²) in [5.74, 6) is 0.695. The molecule has 5 nitrogen and oxygen atoms in total. The molecule has 1 amide bonds. The van der Waals surface area contributed by atoms with Gasteiger partial charge in [0.25, 0.3) is 0 Å². The van der Waals surface area contributed by atoms with Crippen LogP contribution in [-0.2, 0) is 0 Å². The molecule has 0 atom stereocenters. The lowest BCUT2D eigenvalue weighted by molar-refractivity contribution is 0.184. The van der Waals surface area contributed by atoms with Gasteiger partial charge in [0, 0.05) is 22.6 Å². The van der Waals surface area contributed by atoms with Crippen molar-refractivity contribution in [2.24, 2.45) is 5.41 Å². The zero-order chi connectivity index (χ0) is 12.3. The number of carboxylic acid groups (broad SMARTS) is 1. The number of carbonyl (C=O) groups is 1. The summed E-state index contributed by atoms with van der Waals surface area (Å²) < 4.78 is 6.49. The van der Waals surface area contributed by atoms with Crippen LogP contribution in [0.2, 0.25) is 0 Å². The first-order valence-electron chi connectivity index (χ1n) is 5.30. The third-order valence-corrected chi connectivity index (χ3v) is 3.23. The summed E-state index contributed by atoms with van der Waals surface area (Å²) in [7, 11) is 0. The quantitative estimate of drug-likeness (QED) is 0.875. The number of nitrogens with zero attached hydrogens (tertiary/aromatic N) is 1. The molecule has 1 aromatic rings. The Kier molecular flexibility index (Phi) is 3.51. The summed E-state index contributed by atoms with van der Waals surface area (Å²) in [6.07, 6.45) is 4.33. The molecular weight excluding hydrogens is 288 g/mol. The van der Waals surface area contributed by atoms with E-state index in [2.05, 4.69) is 26.2 Å². The fourth-order valence-corrected chi connectivity index (χ4v) is 1.86. The summed E-state index contributed by atoms with van der Waals surface area (Å²) in [6.45, 7) is 0.967. The average molecular weight is 301 g/mol. The van der Waals surface area contributed by atoms with Gasteiger partial charge in [-0.1, -0.05) is 0 Å². The molecule has 6 heteroatoms. The van der Waals surface area contributed by atoms with E-state index in [9.17, 15) is 4.79 Å². The van der Waals surface area contributed by atoms with E-state index >= 15 is 0 Å². The highest BCUT2D eigenvalue weighted by molar-refractivity contribution is 9.10. The molecule has 0 unspecified atom stereocenters. The van der Waals surface area contributed by atoms with E-state index in [0.29, 0.717) is 18.9 Å². The van der Waals surface area contributed by atoms with Crippen molar-refractivity contribution in [3.8, 4) is 5.75 Å². The van der Waals surface area contributed by atoms with E-state index < -0.39 is 6.09 Å². The first-order valence-corrected chi connectivity index (χ1v) is 6.09. The minimum atomic E-state index is -0.986. The van der Waals surface area contributed by atoms with Gasteiger partial charge in [-0.05, 0) is 34.8 Å². The summed E-state index contributed by atoms with van der Waals surface area (Å²) in [6, 6.07) is 1.84. The van der Waals surface area contributed by atoms with E-state index in [4.69, 9.17) is 9.84 Å². The summed E-state index contributed by atoms with van der Waals surface area (Å²) in [4.78, 5) is 14.4. The number of hydrogen-bond acceptors (Lipinski definition) is 3. The predicted octanol–water partition coefficient (Wildman–Crippen LogP) is 2.27. The normalized spacial score (nSPS) is 16.3.